The summed E-state index contributed by atoms with van der Waals surface area (Å²) in [4.78, 5) is 14.0. The average molecular weight is 473 g/mol. The molecule has 0 fully saturated rings. The van der Waals surface area contributed by atoms with Gasteiger partial charge >= 0.3 is 0 Å². The standard InChI is InChI=1S/C27H22ClFN4O/c1-34-21-6-2-4-18(13-21)19-8-10-25-22(14-19)27(31-15-17-7-9-24(29)23(28)12-17)33-26(32-25)20-5-3-11-30-16-20/h2,4-10,12-14,16H,3,11,15H2,1H3,(H,31,32,33). The highest BCUT2D eigenvalue weighted by Gasteiger charge is 2.13. The molecule has 170 valence electrons. The minimum Gasteiger partial charge on any atom is -0.497 e. The summed E-state index contributed by atoms with van der Waals surface area (Å²) in [6.07, 6.45) is 4.78. The first-order chi connectivity index (χ1) is 16.6. The van der Waals surface area contributed by atoms with E-state index < -0.39 is 5.82 Å². The maximum absolute atomic E-state index is 13.6. The number of rotatable bonds is 6. The van der Waals surface area contributed by atoms with Crippen LogP contribution in [0.25, 0.3) is 27.6 Å². The van der Waals surface area contributed by atoms with E-state index in [1.807, 2.05) is 42.6 Å². The summed E-state index contributed by atoms with van der Waals surface area (Å²) < 4.78 is 19.0. The van der Waals surface area contributed by atoms with Gasteiger partial charge < -0.3 is 10.1 Å². The Hall–Kier alpha value is -3.77. The summed E-state index contributed by atoms with van der Waals surface area (Å²) in [5, 5.41) is 4.38. The molecule has 0 saturated heterocycles. The monoisotopic (exact) mass is 472 g/mol. The Morgan fingerprint density at radius 2 is 1.91 bits per heavy atom. The largest absolute Gasteiger partial charge is 0.497 e. The molecule has 1 aliphatic rings. The van der Waals surface area contributed by atoms with E-state index in [2.05, 4.69) is 22.5 Å². The van der Waals surface area contributed by atoms with E-state index in [1.54, 1.807) is 19.2 Å². The predicted octanol–water partition coefficient (Wildman–Crippen LogP) is 6.57. The van der Waals surface area contributed by atoms with E-state index >= 15 is 0 Å². The van der Waals surface area contributed by atoms with E-state index in [0.717, 1.165) is 51.9 Å². The fourth-order valence-electron chi connectivity index (χ4n) is 3.87. The predicted molar refractivity (Wildman–Crippen MR) is 136 cm³/mol. The van der Waals surface area contributed by atoms with E-state index in [1.165, 1.54) is 6.07 Å². The molecule has 3 aromatic carbocycles. The Bertz CT molecular complexity index is 1430. The van der Waals surface area contributed by atoms with Gasteiger partial charge in [0.05, 0.1) is 17.6 Å². The summed E-state index contributed by atoms with van der Waals surface area (Å²) in [6.45, 7) is 1.21. The molecule has 0 spiro atoms. The third-order valence-corrected chi connectivity index (χ3v) is 5.94. The zero-order valence-electron chi connectivity index (χ0n) is 18.6. The highest BCUT2D eigenvalue weighted by atomic mass is 35.5. The highest BCUT2D eigenvalue weighted by Crippen LogP contribution is 2.31. The molecule has 1 aromatic heterocycles. The van der Waals surface area contributed by atoms with Crippen LogP contribution in [0.1, 0.15) is 17.8 Å². The first-order valence-electron chi connectivity index (χ1n) is 10.9. The molecule has 4 aromatic rings. The van der Waals surface area contributed by atoms with Crippen LogP contribution in [0.2, 0.25) is 5.02 Å². The lowest BCUT2D eigenvalue weighted by Gasteiger charge is -2.14. The number of nitrogens with one attached hydrogen (secondary N) is 1. The van der Waals surface area contributed by atoms with Crippen LogP contribution in [-0.2, 0) is 6.54 Å². The van der Waals surface area contributed by atoms with Crippen molar-refractivity contribution in [2.75, 3.05) is 19.0 Å². The van der Waals surface area contributed by atoms with Crippen LogP contribution in [0.5, 0.6) is 5.75 Å². The Labute approximate surface area is 202 Å². The maximum Gasteiger partial charge on any atom is 0.163 e. The molecule has 0 amide bonds. The van der Waals surface area contributed by atoms with Gasteiger partial charge in [-0.2, -0.15) is 0 Å². The molecule has 0 atom stereocenters. The number of ether oxygens (including phenoxy) is 1. The molecular formula is C27H22ClFN4O. The van der Waals surface area contributed by atoms with Gasteiger partial charge in [-0.1, -0.05) is 41.9 Å². The highest BCUT2D eigenvalue weighted by molar-refractivity contribution is 6.30. The third-order valence-electron chi connectivity index (χ3n) is 5.65. The van der Waals surface area contributed by atoms with Crippen molar-refractivity contribution in [2.45, 2.75) is 13.0 Å². The van der Waals surface area contributed by atoms with Crippen molar-refractivity contribution in [3.63, 3.8) is 0 Å². The Morgan fingerprint density at radius 1 is 1.03 bits per heavy atom. The normalized spacial score (nSPS) is 13.1. The second kappa shape index (κ2) is 9.61. The van der Waals surface area contributed by atoms with Gasteiger partial charge in [0.1, 0.15) is 17.4 Å². The number of hydrogen-bond acceptors (Lipinski definition) is 5. The van der Waals surface area contributed by atoms with E-state index in [4.69, 9.17) is 26.3 Å². The molecule has 5 rings (SSSR count). The molecule has 0 bridgehead atoms. The topological polar surface area (TPSA) is 59.4 Å². The van der Waals surface area contributed by atoms with Crippen LogP contribution in [0.4, 0.5) is 10.2 Å². The fourth-order valence-corrected chi connectivity index (χ4v) is 4.07. The molecule has 1 N–H and O–H groups in total. The van der Waals surface area contributed by atoms with Gasteiger partial charge in [-0.3, -0.25) is 4.99 Å². The quantitative estimate of drug-likeness (QED) is 0.345. The zero-order chi connectivity index (χ0) is 23.5. The number of aromatic nitrogens is 2. The Kier molecular flexibility index (Phi) is 6.23. The molecule has 2 heterocycles. The first-order valence-corrected chi connectivity index (χ1v) is 11.3. The van der Waals surface area contributed by atoms with Crippen LogP contribution in [0, 0.1) is 5.82 Å². The number of fused-ring (bicyclic) bond motifs is 1. The Morgan fingerprint density at radius 3 is 2.71 bits per heavy atom. The van der Waals surface area contributed by atoms with Crippen LogP contribution >= 0.6 is 11.6 Å². The molecule has 1 aliphatic heterocycles. The van der Waals surface area contributed by atoms with Crippen molar-refractivity contribution in [3.8, 4) is 16.9 Å². The minimum atomic E-state index is -0.438. The number of allylic oxidation sites excluding steroid dienone is 1. The number of halogens is 2. The minimum absolute atomic E-state index is 0.0939. The van der Waals surface area contributed by atoms with Crippen molar-refractivity contribution in [1.82, 2.24) is 9.97 Å². The van der Waals surface area contributed by atoms with E-state index in [0.29, 0.717) is 18.2 Å². The second-order valence-electron chi connectivity index (χ2n) is 7.95. The molecule has 7 heteroatoms. The molecule has 5 nitrogen and oxygen atoms in total. The first kappa shape index (κ1) is 22.0. The smallest absolute Gasteiger partial charge is 0.163 e. The van der Waals surface area contributed by atoms with Gasteiger partial charge in [0.15, 0.2) is 5.82 Å². The van der Waals surface area contributed by atoms with Gasteiger partial charge in [-0.25, -0.2) is 14.4 Å². The summed E-state index contributed by atoms with van der Waals surface area (Å²) in [6, 6.07) is 18.7. The van der Waals surface area contributed by atoms with Gasteiger partial charge in [0.2, 0.25) is 0 Å². The van der Waals surface area contributed by atoms with Crippen molar-refractivity contribution in [1.29, 1.82) is 0 Å². The number of dihydropyridines is 1. The zero-order valence-corrected chi connectivity index (χ0v) is 19.3. The summed E-state index contributed by atoms with van der Waals surface area (Å²) in [5.74, 6) is 1.65. The maximum atomic E-state index is 13.6. The van der Waals surface area contributed by atoms with Gasteiger partial charge in [-0.15, -0.1) is 0 Å². The summed E-state index contributed by atoms with van der Waals surface area (Å²) >= 11 is 5.97. The fraction of sp³-hybridized carbons (Fsp3) is 0.148. The van der Waals surface area contributed by atoms with Crippen LogP contribution in [0.3, 0.4) is 0 Å². The average Bonchev–Trinajstić information content (AvgIpc) is 2.89. The van der Waals surface area contributed by atoms with Crippen LogP contribution in [-0.4, -0.2) is 29.8 Å². The molecule has 0 aliphatic carbocycles. The van der Waals surface area contributed by atoms with Gasteiger partial charge in [0.25, 0.3) is 0 Å². The number of benzene rings is 3. The number of nitrogens with zero attached hydrogens (tertiary/aromatic N) is 3. The number of methoxy groups -OCH3 is 1. The van der Waals surface area contributed by atoms with Crippen LogP contribution < -0.4 is 10.1 Å². The SMILES string of the molecule is COc1cccc(-c2ccc3nc(C4=CCCN=C4)nc(NCc4ccc(F)c(Cl)c4)c3c2)c1. The van der Waals surface area contributed by atoms with Crippen molar-refractivity contribution >= 4 is 40.1 Å². The number of aliphatic imine (C=N–C) groups is 1. The van der Waals surface area contributed by atoms with Crippen molar-refractivity contribution in [2.24, 2.45) is 4.99 Å². The van der Waals surface area contributed by atoms with E-state index in [-0.39, 0.29) is 5.02 Å². The molecule has 0 radical (unpaired) electrons. The second-order valence-corrected chi connectivity index (χ2v) is 8.35. The molecular weight excluding hydrogens is 451 g/mol. The van der Waals surface area contributed by atoms with Gasteiger partial charge in [0, 0.05) is 30.3 Å². The van der Waals surface area contributed by atoms with Crippen molar-refractivity contribution in [3.05, 3.63) is 89.0 Å². The summed E-state index contributed by atoms with van der Waals surface area (Å²) in [7, 11) is 1.65. The molecule has 0 unspecified atom stereocenters. The van der Waals surface area contributed by atoms with Crippen LogP contribution in [0.15, 0.2) is 71.7 Å². The Balaban J connectivity index is 1.58. The van der Waals surface area contributed by atoms with Gasteiger partial charge in [-0.05, 0) is 59.5 Å². The number of anilines is 1. The molecule has 0 saturated carbocycles. The lowest BCUT2D eigenvalue weighted by Crippen LogP contribution is -2.07. The third kappa shape index (κ3) is 4.63. The molecule has 34 heavy (non-hydrogen) atoms. The van der Waals surface area contributed by atoms with Crippen molar-refractivity contribution < 1.29 is 9.13 Å². The summed E-state index contributed by atoms with van der Waals surface area (Å²) in [5.41, 5.74) is 4.62. The lowest BCUT2D eigenvalue weighted by atomic mass is 10.0. The lowest BCUT2D eigenvalue weighted by molar-refractivity contribution is 0.415. The van der Waals surface area contributed by atoms with E-state index in [9.17, 15) is 4.39 Å². The number of hydrogen-bond donors (Lipinski definition) is 1.